The van der Waals surface area contributed by atoms with Crippen LogP contribution in [0.25, 0.3) is 0 Å². The average Bonchev–Trinajstić information content (AvgIpc) is 2.51. The molecule has 1 aliphatic rings. The molecule has 3 N–H and O–H groups in total. The van der Waals surface area contributed by atoms with Crippen LogP contribution in [-0.4, -0.2) is 12.7 Å². The summed E-state index contributed by atoms with van der Waals surface area (Å²) in [6.07, 6.45) is -0.327. The summed E-state index contributed by atoms with van der Waals surface area (Å²) in [6, 6.07) is 12.1. The lowest BCUT2D eigenvalue weighted by molar-refractivity contribution is 0.0616. The Balaban J connectivity index is 1.86. The third-order valence-corrected chi connectivity index (χ3v) is 3.64. The Hall–Kier alpha value is -2.11. The van der Waals surface area contributed by atoms with Crippen molar-refractivity contribution in [1.29, 1.82) is 0 Å². The average molecular weight is 288 g/mol. The molecule has 0 fully saturated rings. The van der Waals surface area contributed by atoms with E-state index < -0.39 is 0 Å². The van der Waals surface area contributed by atoms with Crippen molar-refractivity contribution in [3.63, 3.8) is 0 Å². The van der Waals surface area contributed by atoms with Crippen molar-refractivity contribution < 1.29 is 13.9 Å². The van der Waals surface area contributed by atoms with Crippen LogP contribution in [0.1, 0.15) is 17.2 Å². The first-order chi connectivity index (χ1) is 10.2. The standard InChI is InChI=1S/C16H17FN2O2/c1-10-6-7-11(8-12(10)17)16(19-18)15-9-20-13-4-2-3-5-14(13)21-15/h2-8,15-16,19H,9,18H2,1H3. The van der Waals surface area contributed by atoms with Gasteiger partial charge in [0.15, 0.2) is 17.6 Å². The highest BCUT2D eigenvalue weighted by Crippen LogP contribution is 2.34. The Labute approximate surface area is 122 Å². The number of hydrogen-bond donors (Lipinski definition) is 2. The number of ether oxygens (including phenoxy) is 2. The summed E-state index contributed by atoms with van der Waals surface area (Å²) in [5, 5.41) is 0. The summed E-state index contributed by atoms with van der Waals surface area (Å²) < 4.78 is 25.3. The lowest BCUT2D eigenvalue weighted by Crippen LogP contribution is -2.44. The van der Waals surface area contributed by atoms with Crippen LogP contribution in [0.2, 0.25) is 0 Å². The van der Waals surface area contributed by atoms with Gasteiger partial charge in [-0.2, -0.15) is 0 Å². The summed E-state index contributed by atoms with van der Waals surface area (Å²) in [5.41, 5.74) is 4.02. The number of benzene rings is 2. The number of para-hydroxylation sites is 2. The molecular formula is C16H17FN2O2. The zero-order chi connectivity index (χ0) is 14.8. The number of nitrogens with one attached hydrogen (secondary N) is 1. The van der Waals surface area contributed by atoms with Crippen molar-refractivity contribution in [3.8, 4) is 11.5 Å². The fraction of sp³-hybridized carbons (Fsp3) is 0.250. The van der Waals surface area contributed by atoms with Crippen molar-refractivity contribution in [1.82, 2.24) is 5.43 Å². The van der Waals surface area contributed by atoms with E-state index in [1.807, 2.05) is 30.3 Å². The summed E-state index contributed by atoms with van der Waals surface area (Å²) in [7, 11) is 0. The Bertz CT molecular complexity index is 648. The molecule has 2 aromatic carbocycles. The van der Waals surface area contributed by atoms with Crippen LogP contribution < -0.4 is 20.7 Å². The van der Waals surface area contributed by atoms with Gasteiger partial charge in [0, 0.05) is 0 Å². The largest absolute Gasteiger partial charge is 0.486 e. The van der Waals surface area contributed by atoms with E-state index in [-0.39, 0.29) is 18.0 Å². The van der Waals surface area contributed by atoms with E-state index >= 15 is 0 Å². The zero-order valence-corrected chi connectivity index (χ0v) is 11.7. The Kier molecular flexibility index (Phi) is 3.77. The molecule has 21 heavy (non-hydrogen) atoms. The van der Waals surface area contributed by atoms with E-state index in [9.17, 15) is 4.39 Å². The minimum atomic E-state index is -0.353. The van der Waals surface area contributed by atoms with Gasteiger partial charge in [-0.05, 0) is 36.2 Å². The molecule has 0 saturated carbocycles. The smallest absolute Gasteiger partial charge is 0.161 e. The van der Waals surface area contributed by atoms with Crippen molar-refractivity contribution >= 4 is 0 Å². The van der Waals surface area contributed by atoms with Crippen LogP contribution in [0.15, 0.2) is 42.5 Å². The molecule has 0 radical (unpaired) electrons. The third kappa shape index (κ3) is 2.70. The van der Waals surface area contributed by atoms with Gasteiger partial charge < -0.3 is 9.47 Å². The van der Waals surface area contributed by atoms with Gasteiger partial charge in [0.1, 0.15) is 12.4 Å². The number of aryl methyl sites for hydroxylation is 1. The SMILES string of the molecule is Cc1ccc(C(NN)C2COc3ccccc3O2)cc1F. The number of hydrazine groups is 1. The summed E-state index contributed by atoms with van der Waals surface area (Å²) in [4.78, 5) is 0. The van der Waals surface area contributed by atoms with Crippen LogP contribution in [0.3, 0.4) is 0 Å². The number of nitrogens with two attached hydrogens (primary N) is 1. The molecule has 4 nitrogen and oxygen atoms in total. The second-order valence-corrected chi connectivity index (χ2v) is 5.07. The molecular weight excluding hydrogens is 271 g/mol. The van der Waals surface area contributed by atoms with Gasteiger partial charge in [-0.3, -0.25) is 5.84 Å². The molecule has 2 atom stereocenters. The molecule has 5 heteroatoms. The second kappa shape index (κ2) is 5.71. The highest BCUT2D eigenvalue weighted by Gasteiger charge is 2.29. The van der Waals surface area contributed by atoms with Crippen LogP contribution in [-0.2, 0) is 0 Å². The quantitative estimate of drug-likeness (QED) is 0.673. The fourth-order valence-corrected chi connectivity index (χ4v) is 2.42. The lowest BCUT2D eigenvalue weighted by Gasteiger charge is -2.32. The monoisotopic (exact) mass is 288 g/mol. The van der Waals surface area contributed by atoms with E-state index in [0.717, 1.165) is 5.56 Å². The number of fused-ring (bicyclic) bond motifs is 1. The molecule has 1 aliphatic heterocycles. The highest BCUT2D eigenvalue weighted by molar-refractivity contribution is 5.41. The van der Waals surface area contributed by atoms with Crippen molar-refractivity contribution in [3.05, 3.63) is 59.4 Å². The van der Waals surface area contributed by atoms with E-state index in [2.05, 4.69) is 5.43 Å². The summed E-state index contributed by atoms with van der Waals surface area (Å²) >= 11 is 0. The normalized spacial score (nSPS) is 18.3. The Morgan fingerprint density at radius 1 is 1.24 bits per heavy atom. The highest BCUT2D eigenvalue weighted by atomic mass is 19.1. The molecule has 110 valence electrons. The molecule has 3 rings (SSSR count). The maximum Gasteiger partial charge on any atom is 0.161 e. The van der Waals surface area contributed by atoms with Gasteiger partial charge >= 0.3 is 0 Å². The van der Waals surface area contributed by atoms with Crippen molar-refractivity contribution in [2.24, 2.45) is 5.84 Å². The topological polar surface area (TPSA) is 56.5 Å². The number of halogens is 1. The zero-order valence-electron chi connectivity index (χ0n) is 11.7. The minimum Gasteiger partial charge on any atom is -0.486 e. The van der Waals surface area contributed by atoms with Gasteiger partial charge in [-0.15, -0.1) is 0 Å². The molecule has 2 unspecified atom stereocenters. The van der Waals surface area contributed by atoms with Gasteiger partial charge in [0.2, 0.25) is 0 Å². The van der Waals surface area contributed by atoms with Crippen LogP contribution in [0.5, 0.6) is 11.5 Å². The van der Waals surface area contributed by atoms with E-state index in [1.54, 1.807) is 13.0 Å². The summed E-state index contributed by atoms with van der Waals surface area (Å²) in [5.74, 6) is 6.75. The van der Waals surface area contributed by atoms with Crippen molar-refractivity contribution in [2.45, 2.75) is 19.1 Å². The van der Waals surface area contributed by atoms with E-state index in [4.69, 9.17) is 15.3 Å². The lowest BCUT2D eigenvalue weighted by atomic mass is 10.00. The van der Waals surface area contributed by atoms with E-state index in [1.165, 1.54) is 6.07 Å². The van der Waals surface area contributed by atoms with Crippen molar-refractivity contribution in [2.75, 3.05) is 6.61 Å². The predicted octanol–water partition coefficient (Wildman–Crippen LogP) is 2.48. The van der Waals surface area contributed by atoms with Gasteiger partial charge in [-0.25, -0.2) is 9.82 Å². The first-order valence-corrected chi connectivity index (χ1v) is 6.79. The van der Waals surface area contributed by atoms with Gasteiger partial charge in [-0.1, -0.05) is 24.3 Å². The van der Waals surface area contributed by atoms with Gasteiger partial charge in [0.05, 0.1) is 6.04 Å². The van der Waals surface area contributed by atoms with Crippen LogP contribution in [0, 0.1) is 12.7 Å². The molecule has 0 bridgehead atoms. The number of hydrogen-bond acceptors (Lipinski definition) is 4. The van der Waals surface area contributed by atoms with Crippen LogP contribution in [0.4, 0.5) is 4.39 Å². The molecule has 0 aromatic heterocycles. The first-order valence-electron chi connectivity index (χ1n) is 6.79. The third-order valence-electron chi connectivity index (χ3n) is 3.64. The van der Waals surface area contributed by atoms with Crippen LogP contribution >= 0.6 is 0 Å². The van der Waals surface area contributed by atoms with E-state index in [0.29, 0.717) is 23.7 Å². The Morgan fingerprint density at radius 3 is 2.71 bits per heavy atom. The maximum absolute atomic E-state index is 13.7. The summed E-state index contributed by atoms with van der Waals surface area (Å²) in [6.45, 7) is 2.07. The maximum atomic E-state index is 13.7. The molecule has 2 aromatic rings. The minimum absolute atomic E-state index is 0.259. The predicted molar refractivity (Wildman–Crippen MR) is 77.6 cm³/mol. The fourth-order valence-electron chi connectivity index (χ4n) is 2.42. The molecule has 0 saturated heterocycles. The second-order valence-electron chi connectivity index (χ2n) is 5.07. The molecule has 0 aliphatic carbocycles. The van der Waals surface area contributed by atoms with Gasteiger partial charge in [0.25, 0.3) is 0 Å². The number of rotatable bonds is 3. The molecule has 0 spiro atoms. The molecule has 1 heterocycles. The Morgan fingerprint density at radius 2 is 2.00 bits per heavy atom. The molecule has 0 amide bonds. The first kappa shape index (κ1) is 13.9.